The minimum Gasteiger partial charge on any atom is -0.277 e. The normalized spacial score (nSPS) is 11.4. The second kappa shape index (κ2) is 6.13. The zero-order chi connectivity index (χ0) is 16.4. The fraction of sp³-hybridized carbons (Fsp3) is 0.0476. The van der Waals surface area contributed by atoms with Gasteiger partial charge < -0.3 is 0 Å². The molecule has 0 aliphatic carbocycles. The minimum atomic E-state index is 0.873. The molecule has 3 heteroatoms. The summed E-state index contributed by atoms with van der Waals surface area (Å²) in [6.07, 6.45) is 5.96. The lowest BCUT2D eigenvalue weighted by atomic mass is 10.2. The first-order chi connectivity index (χ1) is 11.8. The van der Waals surface area contributed by atoms with E-state index in [1.54, 1.807) is 0 Å². The Kier molecular flexibility index (Phi) is 3.67. The van der Waals surface area contributed by atoms with Crippen molar-refractivity contribution in [3.8, 4) is 5.82 Å². The predicted molar refractivity (Wildman–Crippen MR) is 99.0 cm³/mol. The molecule has 0 unspecified atom stereocenters. The molecule has 2 heterocycles. The Morgan fingerprint density at radius 2 is 1.67 bits per heavy atom. The van der Waals surface area contributed by atoms with Crippen LogP contribution in [0.1, 0.15) is 17.0 Å². The molecule has 0 spiro atoms. The van der Waals surface area contributed by atoms with Gasteiger partial charge in [-0.3, -0.25) is 4.57 Å². The minimum absolute atomic E-state index is 0.873. The molecule has 0 atom stereocenters. The molecule has 4 rings (SSSR count). The number of imidazole rings is 1. The third-order valence-corrected chi connectivity index (χ3v) is 3.94. The molecule has 0 radical (unpaired) electrons. The molecular weight excluding hydrogens is 294 g/mol. The highest BCUT2D eigenvalue weighted by Crippen LogP contribution is 2.22. The van der Waals surface area contributed by atoms with Gasteiger partial charge in [-0.25, -0.2) is 9.97 Å². The molecule has 0 aliphatic rings. The Morgan fingerprint density at radius 3 is 2.50 bits per heavy atom. The monoisotopic (exact) mass is 311 g/mol. The average Bonchev–Trinajstić information content (AvgIpc) is 2.99. The Hall–Kier alpha value is -3.20. The number of rotatable bonds is 3. The standard InChI is InChI=1S/C21H17N3/c1-16-13-14-22-21(15-16)24-19-10-6-5-9-18(19)23-20(24)12-11-17-7-3-2-4-8-17/h2-15H,1H3. The lowest BCUT2D eigenvalue weighted by Gasteiger charge is -2.06. The number of pyridine rings is 1. The van der Waals surface area contributed by atoms with Gasteiger partial charge >= 0.3 is 0 Å². The molecule has 2 aromatic carbocycles. The molecule has 0 fully saturated rings. The van der Waals surface area contributed by atoms with Crippen molar-refractivity contribution in [2.24, 2.45) is 0 Å². The van der Waals surface area contributed by atoms with Crippen LogP contribution in [0.4, 0.5) is 0 Å². The molecule has 24 heavy (non-hydrogen) atoms. The van der Waals surface area contributed by atoms with E-state index in [0.29, 0.717) is 0 Å². The summed E-state index contributed by atoms with van der Waals surface area (Å²) >= 11 is 0. The lowest BCUT2D eigenvalue weighted by Crippen LogP contribution is -2.00. The van der Waals surface area contributed by atoms with Crippen molar-refractivity contribution in [2.45, 2.75) is 6.92 Å². The van der Waals surface area contributed by atoms with E-state index in [-0.39, 0.29) is 0 Å². The van der Waals surface area contributed by atoms with Crippen LogP contribution in [-0.2, 0) is 0 Å². The van der Waals surface area contributed by atoms with E-state index in [4.69, 9.17) is 4.98 Å². The molecule has 3 nitrogen and oxygen atoms in total. The average molecular weight is 311 g/mol. The van der Waals surface area contributed by atoms with Crippen molar-refractivity contribution < 1.29 is 0 Å². The van der Waals surface area contributed by atoms with Gasteiger partial charge in [-0.1, -0.05) is 48.5 Å². The number of aryl methyl sites for hydroxylation is 1. The van der Waals surface area contributed by atoms with Crippen LogP contribution < -0.4 is 0 Å². The molecule has 0 aliphatic heterocycles. The summed E-state index contributed by atoms with van der Waals surface area (Å²) in [7, 11) is 0. The van der Waals surface area contributed by atoms with Gasteiger partial charge in [0, 0.05) is 6.20 Å². The maximum absolute atomic E-state index is 4.77. The predicted octanol–water partition coefficient (Wildman–Crippen LogP) is 4.90. The highest BCUT2D eigenvalue weighted by molar-refractivity contribution is 5.81. The SMILES string of the molecule is Cc1ccnc(-n2c(C=Cc3ccccc3)nc3ccccc32)c1. The number of fused-ring (bicyclic) bond motifs is 1. The van der Waals surface area contributed by atoms with Crippen molar-refractivity contribution >= 4 is 23.2 Å². The Bertz CT molecular complexity index is 1010. The molecule has 4 aromatic rings. The second-order valence-electron chi connectivity index (χ2n) is 5.73. The number of hydrogen-bond donors (Lipinski definition) is 0. The van der Waals surface area contributed by atoms with E-state index < -0.39 is 0 Å². The zero-order valence-corrected chi connectivity index (χ0v) is 13.4. The van der Waals surface area contributed by atoms with Crippen LogP contribution in [0, 0.1) is 6.92 Å². The van der Waals surface area contributed by atoms with Gasteiger partial charge in [0.05, 0.1) is 11.0 Å². The molecule has 0 bridgehead atoms. The number of hydrogen-bond acceptors (Lipinski definition) is 2. The van der Waals surface area contributed by atoms with E-state index >= 15 is 0 Å². The van der Waals surface area contributed by atoms with E-state index in [1.807, 2.05) is 54.7 Å². The van der Waals surface area contributed by atoms with Crippen LogP contribution in [0.3, 0.4) is 0 Å². The summed E-state index contributed by atoms with van der Waals surface area (Å²) in [6, 6.07) is 22.5. The summed E-state index contributed by atoms with van der Waals surface area (Å²) in [4.78, 5) is 9.31. The maximum Gasteiger partial charge on any atom is 0.139 e. The van der Waals surface area contributed by atoms with Gasteiger partial charge in [0.2, 0.25) is 0 Å². The first-order valence-electron chi connectivity index (χ1n) is 7.95. The Morgan fingerprint density at radius 1 is 0.875 bits per heavy atom. The molecular formula is C21H17N3. The third-order valence-electron chi connectivity index (χ3n) is 3.94. The summed E-state index contributed by atoms with van der Waals surface area (Å²) in [5.41, 5.74) is 4.35. The van der Waals surface area contributed by atoms with Crippen LogP contribution in [-0.4, -0.2) is 14.5 Å². The van der Waals surface area contributed by atoms with Crippen LogP contribution in [0.2, 0.25) is 0 Å². The quantitative estimate of drug-likeness (QED) is 0.539. The molecule has 0 N–H and O–H groups in total. The molecule has 0 amide bonds. The Balaban J connectivity index is 1.89. The number of aromatic nitrogens is 3. The van der Waals surface area contributed by atoms with E-state index in [2.05, 4.69) is 46.8 Å². The van der Waals surface area contributed by atoms with E-state index in [0.717, 1.165) is 28.2 Å². The van der Waals surface area contributed by atoms with Gasteiger partial charge in [0.25, 0.3) is 0 Å². The maximum atomic E-state index is 4.77. The number of para-hydroxylation sites is 2. The van der Waals surface area contributed by atoms with Crippen LogP contribution in [0.25, 0.3) is 29.0 Å². The molecule has 0 saturated carbocycles. The van der Waals surface area contributed by atoms with Crippen molar-refractivity contribution in [3.05, 3.63) is 89.9 Å². The summed E-state index contributed by atoms with van der Waals surface area (Å²) < 4.78 is 2.10. The van der Waals surface area contributed by atoms with Gasteiger partial charge in [0.15, 0.2) is 0 Å². The van der Waals surface area contributed by atoms with Crippen molar-refractivity contribution in [2.75, 3.05) is 0 Å². The first-order valence-corrected chi connectivity index (χ1v) is 7.95. The first kappa shape index (κ1) is 14.4. The lowest BCUT2D eigenvalue weighted by molar-refractivity contribution is 1.000. The highest BCUT2D eigenvalue weighted by atomic mass is 15.1. The Labute approximate surface area is 140 Å². The van der Waals surface area contributed by atoms with Gasteiger partial charge in [-0.15, -0.1) is 0 Å². The molecule has 0 saturated heterocycles. The number of benzene rings is 2. The van der Waals surface area contributed by atoms with E-state index in [9.17, 15) is 0 Å². The number of nitrogens with zero attached hydrogens (tertiary/aromatic N) is 3. The van der Waals surface area contributed by atoms with Gasteiger partial charge in [-0.05, 0) is 48.4 Å². The highest BCUT2D eigenvalue weighted by Gasteiger charge is 2.11. The zero-order valence-electron chi connectivity index (χ0n) is 13.4. The summed E-state index contributed by atoms with van der Waals surface area (Å²) in [5, 5.41) is 0. The van der Waals surface area contributed by atoms with Gasteiger partial charge in [-0.2, -0.15) is 0 Å². The largest absolute Gasteiger partial charge is 0.277 e. The van der Waals surface area contributed by atoms with Crippen LogP contribution in [0.5, 0.6) is 0 Å². The molecule has 116 valence electrons. The van der Waals surface area contributed by atoms with Crippen molar-refractivity contribution in [3.63, 3.8) is 0 Å². The topological polar surface area (TPSA) is 30.7 Å². The third kappa shape index (κ3) is 2.72. The fourth-order valence-corrected chi connectivity index (χ4v) is 2.77. The summed E-state index contributed by atoms with van der Waals surface area (Å²) in [5.74, 6) is 1.76. The van der Waals surface area contributed by atoms with Gasteiger partial charge in [0.1, 0.15) is 11.6 Å². The van der Waals surface area contributed by atoms with Crippen molar-refractivity contribution in [1.29, 1.82) is 0 Å². The van der Waals surface area contributed by atoms with E-state index in [1.165, 1.54) is 5.56 Å². The smallest absolute Gasteiger partial charge is 0.139 e. The van der Waals surface area contributed by atoms with Crippen LogP contribution >= 0.6 is 0 Å². The summed E-state index contributed by atoms with van der Waals surface area (Å²) in [6.45, 7) is 2.07. The van der Waals surface area contributed by atoms with Crippen molar-refractivity contribution in [1.82, 2.24) is 14.5 Å². The molecule has 2 aromatic heterocycles. The second-order valence-corrected chi connectivity index (χ2v) is 5.73. The van der Waals surface area contributed by atoms with Crippen LogP contribution in [0.15, 0.2) is 72.9 Å². The fourth-order valence-electron chi connectivity index (χ4n) is 2.77.